The molecular formula is C13H12FN5O2. The molecule has 0 aliphatic heterocycles. The van der Waals surface area contributed by atoms with Gasteiger partial charge in [-0.15, -0.1) is 0 Å². The minimum Gasteiger partial charge on any atom is -0.479 e. The third kappa shape index (κ3) is 2.04. The Bertz CT molecular complexity index is 871. The van der Waals surface area contributed by atoms with E-state index in [1.807, 2.05) is 6.92 Å². The monoisotopic (exact) mass is 289 g/mol. The number of pyridine rings is 1. The molecule has 21 heavy (non-hydrogen) atoms. The van der Waals surface area contributed by atoms with E-state index in [9.17, 15) is 9.18 Å². The van der Waals surface area contributed by atoms with Gasteiger partial charge >= 0.3 is 0 Å². The second-order valence-corrected chi connectivity index (χ2v) is 4.30. The SMILES string of the molecule is CCn1c(-c2cnc(OC)c(F)c2)nc2c(=O)[nH]cnc21. The van der Waals surface area contributed by atoms with Crippen LogP contribution in [0.1, 0.15) is 6.92 Å². The third-order valence-corrected chi connectivity index (χ3v) is 3.11. The molecule has 0 saturated carbocycles. The van der Waals surface area contributed by atoms with Crippen molar-refractivity contribution < 1.29 is 9.13 Å². The Balaban J connectivity index is 2.27. The van der Waals surface area contributed by atoms with E-state index in [0.717, 1.165) is 0 Å². The molecule has 3 aromatic rings. The Hall–Kier alpha value is -2.77. The largest absolute Gasteiger partial charge is 0.479 e. The number of aromatic amines is 1. The van der Waals surface area contributed by atoms with Crippen LogP contribution in [0.2, 0.25) is 0 Å². The first kappa shape index (κ1) is 13.2. The van der Waals surface area contributed by atoms with Crippen molar-refractivity contribution in [3.63, 3.8) is 0 Å². The van der Waals surface area contributed by atoms with E-state index in [4.69, 9.17) is 4.74 Å². The zero-order valence-corrected chi connectivity index (χ0v) is 11.4. The van der Waals surface area contributed by atoms with Gasteiger partial charge in [0.1, 0.15) is 5.82 Å². The number of halogens is 1. The molecule has 0 amide bonds. The number of rotatable bonds is 3. The maximum atomic E-state index is 13.8. The summed E-state index contributed by atoms with van der Waals surface area (Å²) in [5.41, 5.74) is 0.779. The van der Waals surface area contributed by atoms with E-state index < -0.39 is 5.82 Å². The van der Waals surface area contributed by atoms with Crippen LogP contribution in [0.25, 0.3) is 22.6 Å². The smallest absolute Gasteiger partial charge is 0.278 e. The fourth-order valence-electron chi connectivity index (χ4n) is 2.17. The number of fused-ring (bicyclic) bond motifs is 1. The molecule has 0 spiro atoms. The lowest BCUT2D eigenvalue weighted by Crippen LogP contribution is -2.07. The average Bonchev–Trinajstić information content (AvgIpc) is 2.87. The number of imidazole rings is 1. The quantitative estimate of drug-likeness (QED) is 0.786. The molecule has 0 fully saturated rings. The molecule has 0 saturated heterocycles. The number of methoxy groups -OCH3 is 1. The highest BCUT2D eigenvalue weighted by molar-refractivity contribution is 5.76. The maximum Gasteiger partial charge on any atom is 0.278 e. The summed E-state index contributed by atoms with van der Waals surface area (Å²) in [5.74, 6) is -0.244. The van der Waals surface area contributed by atoms with Gasteiger partial charge in [-0.2, -0.15) is 0 Å². The van der Waals surface area contributed by atoms with E-state index in [0.29, 0.717) is 23.6 Å². The molecular weight excluding hydrogens is 277 g/mol. The highest BCUT2D eigenvalue weighted by Crippen LogP contribution is 2.24. The van der Waals surface area contributed by atoms with Crippen molar-refractivity contribution >= 4 is 11.2 Å². The van der Waals surface area contributed by atoms with Gasteiger partial charge in [0.05, 0.1) is 13.4 Å². The summed E-state index contributed by atoms with van der Waals surface area (Å²) < 4.78 is 20.3. The molecule has 0 radical (unpaired) electrons. The number of H-pyrrole nitrogens is 1. The summed E-state index contributed by atoms with van der Waals surface area (Å²) in [7, 11) is 1.34. The Kier molecular flexibility index (Phi) is 3.13. The van der Waals surface area contributed by atoms with Crippen molar-refractivity contribution in [1.29, 1.82) is 0 Å². The van der Waals surface area contributed by atoms with Gasteiger partial charge in [0.15, 0.2) is 17.0 Å². The van der Waals surface area contributed by atoms with Crippen molar-refractivity contribution in [1.82, 2.24) is 24.5 Å². The van der Waals surface area contributed by atoms with Gasteiger partial charge in [-0.05, 0) is 13.0 Å². The minimum atomic E-state index is -0.591. The van der Waals surface area contributed by atoms with Crippen LogP contribution >= 0.6 is 0 Å². The van der Waals surface area contributed by atoms with Gasteiger partial charge < -0.3 is 14.3 Å². The van der Waals surface area contributed by atoms with Gasteiger partial charge in [0, 0.05) is 18.3 Å². The van der Waals surface area contributed by atoms with Crippen LogP contribution in [0.3, 0.4) is 0 Å². The number of aromatic nitrogens is 5. The van der Waals surface area contributed by atoms with E-state index >= 15 is 0 Å². The van der Waals surface area contributed by atoms with Gasteiger partial charge in [-0.1, -0.05) is 0 Å². The zero-order valence-electron chi connectivity index (χ0n) is 11.4. The maximum absolute atomic E-state index is 13.8. The van der Waals surface area contributed by atoms with E-state index in [-0.39, 0.29) is 17.0 Å². The zero-order chi connectivity index (χ0) is 15.0. The van der Waals surface area contributed by atoms with Crippen molar-refractivity contribution in [3.05, 3.63) is 34.8 Å². The highest BCUT2D eigenvalue weighted by atomic mass is 19.1. The van der Waals surface area contributed by atoms with Gasteiger partial charge in [-0.3, -0.25) is 4.79 Å². The Labute approximate surface area is 118 Å². The van der Waals surface area contributed by atoms with Crippen molar-refractivity contribution in [2.45, 2.75) is 13.5 Å². The van der Waals surface area contributed by atoms with E-state index in [2.05, 4.69) is 19.9 Å². The Morgan fingerprint density at radius 3 is 2.90 bits per heavy atom. The molecule has 0 aromatic carbocycles. The van der Waals surface area contributed by atoms with Crippen molar-refractivity contribution in [2.24, 2.45) is 0 Å². The number of nitrogens with zero attached hydrogens (tertiary/aromatic N) is 4. The topological polar surface area (TPSA) is 85.7 Å². The van der Waals surface area contributed by atoms with Crippen LogP contribution in [0.15, 0.2) is 23.4 Å². The van der Waals surface area contributed by atoms with Crippen LogP contribution in [-0.4, -0.2) is 31.6 Å². The van der Waals surface area contributed by atoms with Crippen LogP contribution in [0.5, 0.6) is 5.88 Å². The minimum absolute atomic E-state index is 0.0890. The number of ether oxygens (including phenoxy) is 1. The van der Waals surface area contributed by atoms with Gasteiger partial charge in [-0.25, -0.2) is 19.3 Å². The van der Waals surface area contributed by atoms with Crippen LogP contribution < -0.4 is 10.3 Å². The molecule has 8 heteroatoms. The summed E-state index contributed by atoms with van der Waals surface area (Å²) in [6.07, 6.45) is 2.76. The summed E-state index contributed by atoms with van der Waals surface area (Å²) in [4.78, 5) is 26.5. The molecule has 0 aliphatic rings. The number of hydrogen-bond acceptors (Lipinski definition) is 5. The normalized spacial score (nSPS) is 11.0. The number of aryl methyl sites for hydroxylation is 1. The summed E-state index contributed by atoms with van der Waals surface area (Å²) in [5, 5.41) is 0. The lowest BCUT2D eigenvalue weighted by molar-refractivity contribution is 0.369. The van der Waals surface area contributed by atoms with Crippen molar-refractivity contribution in [2.75, 3.05) is 7.11 Å². The molecule has 3 rings (SSSR count). The first-order valence-corrected chi connectivity index (χ1v) is 6.29. The van der Waals surface area contributed by atoms with Crippen LogP contribution in [-0.2, 0) is 6.54 Å². The summed E-state index contributed by atoms with van der Waals surface area (Å²) >= 11 is 0. The average molecular weight is 289 g/mol. The highest BCUT2D eigenvalue weighted by Gasteiger charge is 2.16. The van der Waals surface area contributed by atoms with E-state index in [1.54, 1.807) is 4.57 Å². The van der Waals surface area contributed by atoms with Gasteiger partial charge in [0.2, 0.25) is 5.88 Å². The molecule has 0 atom stereocenters. The van der Waals surface area contributed by atoms with Crippen molar-refractivity contribution in [3.8, 4) is 17.3 Å². The van der Waals surface area contributed by atoms with E-state index in [1.165, 1.54) is 25.7 Å². The molecule has 1 N–H and O–H groups in total. The third-order valence-electron chi connectivity index (χ3n) is 3.11. The Morgan fingerprint density at radius 2 is 2.24 bits per heavy atom. The summed E-state index contributed by atoms with van der Waals surface area (Å²) in [6.45, 7) is 2.43. The number of nitrogens with one attached hydrogen (secondary N) is 1. The predicted molar refractivity (Wildman–Crippen MR) is 73.6 cm³/mol. The van der Waals surface area contributed by atoms with Crippen LogP contribution in [0, 0.1) is 5.82 Å². The molecule has 7 nitrogen and oxygen atoms in total. The molecule has 0 bridgehead atoms. The Morgan fingerprint density at radius 1 is 1.43 bits per heavy atom. The lowest BCUT2D eigenvalue weighted by Gasteiger charge is -2.06. The molecule has 0 unspecified atom stereocenters. The van der Waals surface area contributed by atoms with Crippen LogP contribution in [0.4, 0.5) is 4.39 Å². The second-order valence-electron chi connectivity index (χ2n) is 4.30. The fourth-order valence-corrected chi connectivity index (χ4v) is 2.17. The first-order valence-electron chi connectivity index (χ1n) is 6.29. The molecule has 0 aliphatic carbocycles. The molecule has 3 aromatic heterocycles. The van der Waals surface area contributed by atoms with Gasteiger partial charge in [0.25, 0.3) is 5.56 Å². The fraction of sp³-hybridized carbons (Fsp3) is 0.231. The second kappa shape index (κ2) is 4.97. The lowest BCUT2D eigenvalue weighted by atomic mass is 10.2. The summed E-state index contributed by atoms with van der Waals surface area (Å²) in [6, 6.07) is 1.27. The molecule has 108 valence electrons. The first-order chi connectivity index (χ1) is 10.2. The number of hydrogen-bond donors (Lipinski definition) is 1. The standard InChI is InChI=1S/C13H12FN5O2/c1-3-19-10(7-4-8(14)13(21-2)15-5-7)18-9-11(19)16-6-17-12(9)20/h4-6H,3H2,1-2H3,(H,16,17,20). The molecule has 3 heterocycles. The predicted octanol–water partition coefficient (Wildman–Crippen LogP) is 1.35.